The third-order valence-corrected chi connectivity index (χ3v) is 8.26. The molecular formula is C33H40N10O2. The molecule has 1 saturated carbocycles. The van der Waals surface area contributed by atoms with Crippen molar-refractivity contribution in [3.05, 3.63) is 78.4 Å². The minimum Gasteiger partial charge on any atom is -0.388 e. The lowest BCUT2D eigenvalue weighted by Gasteiger charge is -2.36. The van der Waals surface area contributed by atoms with E-state index in [0.717, 1.165) is 42.4 Å². The Morgan fingerprint density at radius 1 is 1.09 bits per heavy atom. The van der Waals surface area contributed by atoms with Gasteiger partial charge in [-0.3, -0.25) is 9.58 Å². The molecule has 5 rings (SSSR count). The number of nitrogens with zero attached hydrogens (tertiary/aromatic N) is 7. The van der Waals surface area contributed by atoms with E-state index < -0.39 is 5.60 Å². The lowest BCUT2D eigenvalue weighted by atomic mass is 9.90. The number of aryl methyl sites for hydroxylation is 1. The Labute approximate surface area is 263 Å². The van der Waals surface area contributed by atoms with Crippen LogP contribution in [-0.4, -0.2) is 59.6 Å². The molecule has 1 fully saturated rings. The number of aromatic nitrogens is 5. The zero-order valence-corrected chi connectivity index (χ0v) is 26.1. The maximum Gasteiger partial charge on any atom is 0.323 e. The summed E-state index contributed by atoms with van der Waals surface area (Å²) in [6.07, 6.45) is 10.1. The largest absolute Gasteiger partial charge is 0.388 e. The molecule has 12 nitrogen and oxygen atoms in total. The van der Waals surface area contributed by atoms with Crippen molar-refractivity contribution in [2.24, 2.45) is 7.05 Å². The van der Waals surface area contributed by atoms with Crippen LogP contribution in [0.15, 0.2) is 67.3 Å². The zero-order valence-electron chi connectivity index (χ0n) is 26.1. The molecule has 4 aromatic rings. The third kappa shape index (κ3) is 7.93. The number of pyridine rings is 1. The fourth-order valence-corrected chi connectivity index (χ4v) is 5.27. The molecule has 3 aromatic heterocycles. The van der Waals surface area contributed by atoms with Crippen molar-refractivity contribution < 1.29 is 9.90 Å². The Hall–Kier alpha value is -5.02. The molecule has 1 aliphatic carbocycles. The normalized spacial score (nSPS) is 17.2. The molecule has 0 spiro atoms. The highest BCUT2D eigenvalue weighted by atomic mass is 16.3. The van der Waals surface area contributed by atoms with E-state index in [4.69, 9.17) is 4.98 Å². The molecule has 12 heteroatoms. The number of hydrogen-bond acceptors (Lipinski definition) is 9. The maximum absolute atomic E-state index is 13.7. The Morgan fingerprint density at radius 2 is 1.84 bits per heavy atom. The van der Waals surface area contributed by atoms with Crippen LogP contribution in [0.25, 0.3) is 11.1 Å². The van der Waals surface area contributed by atoms with E-state index in [2.05, 4.69) is 37.1 Å². The Balaban J connectivity index is 1.28. The van der Waals surface area contributed by atoms with Crippen LogP contribution in [0.4, 0.5) is 22.4 Å². The number of rotatable bonds is 10. The molecular weight excluding hydrogens is 568 g/mol. The average Bonchev–Trinajstić information content (AvgIpc) is 3.47. The first-order chi connectivity index (χ1) is 21.6. The average molecular weight is 609 g/mol. The Bertz CT molecular complexity index is 1620. The van der Waals surface area contributed by atoms with Crippen LogP contribution < -0.4 is 20.9 Å². The minimum atomic E-state index is -1.00. The molecule has 234 valence electrons. The number of urea groups is 1. The van der Waals surface area contributed by atoms with Gasteiger partial charge in [-0.1, -0.05) is 30.3 Å². The van der Waals surface area contributed by atoms with Gasteiger partial charge in [-0.25, -0.2) is 14.8 Å². The smallest absolute Gasteiger partial charge is 0.323 e. The van der Waals surface area contributed by atoms with Gasteiger partial charge in [-0.15, -0.1) is 0 Å². The number of nitrogens with one attached hydrogen (secondary N) is 3. The summed E-state index contributed by atoms with van der Waals surface area (Å²) in [5.41, 5.74) is 2.21. The predicted octanol–water partition coefficient (Wildman–Crippen LogP) is 4.85. The van der Waals surface area contributed by atoms with Gasteiger partial charge in [0.1, 0.15) is 23.3 Å². The van der Waals surface area contributed by atoms with E-state index in [1.807, 2.05) is 62.6 Å². The third-order valence-electron chi connectivity index (χ3n) is 8.26. The molecule has 1 atom stereocenters. The van der Waals surface area contributed by atoms with E-state index in [9.17, 15) is 15.2 Å². The summed E-state index contributed by atoms with van der Waals surface area (Å²) in [6, 6.07) is 15.3. The van der Waals surface area contributed by atoms with Gasteiger partial charge >= 0.3 is 6.03 Å². The second kappa shape index (κ2) is 13.7. The topological polar surface area (TPSA) is 157 Å². The van der Waals surface area contributed by atoms with Crippen molar-refractivity contribution in [2.45, 2.75) is 76.7 Å². The summed E-state index contributed by atoms with van der Waals surface area (Å²) in [7, 11) is 1.87. The first-order valence-electron chi connectivity index (χ1n) is 15.2. The first-order valence-corrected chi connectivity index (χ1v) is 15.2. The minimum absolute atomic E-state index is 0.0534. The molecule has 3 heterocycles. The van der Waals surface area contributed by atoms with E-state index in [0.29, 0.717) is 29.7 Å². The summed E-state index contributed by atoms with van der Waals surface area (Å²) < 4.78 is 1.75. The number of amides is 2. The number of benzene rings is 1. The van der Waals surface area contributed by atoms with Crippen molar-refractivity contribution in [3.63, 3.8) is 0 Å². The molecule has 0 saturated heterocycles. The second-order valence-corrected chi connectivity index (χ2v) is 12.1. The van der Waals surface area contributed by atoms with Crippen LogP contribution >= 0.6 is 0 Å². The van der Waals surface area contributed by atoms with Crippen LogP contribution in [-0.2, 0) is 13.6 Å². The van der Waals surface area contributed by atoms with Gasteiger partial charge in [-0.05, 0) is 64.2 Å². The maximum atomic E-state index is 13.7. The summed E-state index contributed by atoms with van der Waals surface area (Å²) in [6.45, 7) is 5.65. The highest BCUT2D eigenvalue weighted by molar-refractivity contribution is 5.91. The van der Waals surface area contributed by atoms with Gasteiger partial charge in [0, 0.05) is 49.2 Å². The predicted molar refractivity (Wildman–Crippen MR) is 173 cm³/mol. The van der Waals surface area contributed by atoms with Crippen LogP contribution in [0.1, 0.15) is 57.6 Å². The molecule has 45 heavy (non-hydrogen) atoms. The molecule has 1 aromatic carbocycles. The molecule has 0 aliphatic heterocycles. The lowest BCUT2D eigenvalue weighted by Crippen LogP contribution is -2.49. The molecule has 4 N–H and O–H groups in total. The van der Waals surface area contributed by atoms with E-state index in [1.54, 1.807) is 35.8 Å². The molecule has 2 amide bonds. The molecule has 1 aliphatic rings. The summed E-state index contributed by atoms with van der Waals surface area (Å²) in [5, 5.41) is 33.8. The quantitative estimate of drug-likeness (QED) is 0.197. The van der Waals surface area contributed by atoms with Crippen LogP contribution in [0, 0.1) is 11.3 Å². The van der Waals surface area contributed by atoms with Crippen molar-refractivity contribution in [1.82, 2.24) is 30.0 Å². The van der Waals surface area contributed by atoms with Gasteiger partial charge in [0.2, 0.25) is 5.95 Å². The monoisotopic (exact) mass is 608 g/mol. The first kappa shape index (κ1) is 31.4. The Morgan fingerprint density at radius 3 is 2.47 bits per heavy atom. The van der Waals surface area contributed by atoms with Crippen molar-refractivity contribution in [3.8, 4) is 17.2 Å². The van der Waals surface area contributed by atoms with Gasteiger partial charge < -0.3 is 21.1 Å². The molecule has 0 bridgehead atoms. The highest BCUT2D eigenvalue weighted by Gasteiger charge is 2.31. The van der Waals surface area contributed by atoms with Gasteiger partial charge in [0.25, 0.3) is 0 Å². The van der Waals surface area contributed by atoms with Crippen molar-refractivity contribution >= 4 is 23.6 Å². The summed E-state index contributed by atoms with van der Waals surface area (Å²) in [5.74, 6) is 1.38. The number of nitriles is 1. The Kier molecular flexibility index (Phi) is 9.59. The number of hydrogen-bond donors (Lipinski definition) is 4. The van der Waals surface area contributed by atoms with Gasteiger partial charge in [-0.2, -0.15) is 15.3 Å². The fraction of sp³-hybridized carbons (Fsp3) is 0.394. The van der Waals surface area contributed by atoms with Crippen LogP contribution in [0.3, 0.4) is 0 Å². The lowest BCUT2D eigenvalue weighted by molar-refractivity contribution is 0.0647. The summed E-state index contributed by atoms with van der Waals surface area (Å²) in [4.78, 5) is 29.1. The van der Waals surface area contributed by atoms with Crippen LogP contribution in [0.5, 0.6) is 0 Å². The SMILES string of the molecule is CC(Nc1nc(NC2CCC(N(C(=O)NCc3ccccc3)c3ccc(-c4cnn(C)c4)cn3)CC2)ncc1C#N)C(C)(C)O. The molecule has 0 radical (unpaired) electrons. The van der Waals surface area contributed by atoms with E-state index >= 15 is 0 Å². The second-order valence-electron chi connectivity index (χ2n) is 12.1. The number of aliphatic hydroxyl groups is 1. The molecule has 1 unspecified atom stereocenters. The van der Waals surface area contributed by atoms with Crippen LogP contribution in [0.2, 0.25) is 0 Å². The fourth-order valence-electron chi connectivity index (χ4n) is 5.27. The zero-order chi connectivity index (χ0) is 32.0. The number of carbonyl (C=O) groups excluding carboxylic acids is 1. The van der Waals surface area contributed by atoms with Gasteiger partial charge in [0.05, 0.1) is 24.0 Å². The van der Waals surface area contributed by atoms with Gasteiger partial charge in [0.15, 0.2) is 0 Å². The standard InChI is InChI=1S/C33H40N10O2/c1-22(33(2,3)45)39-30-25(16-34)19-36-31(41-30)40-27-11-13-28(14-12-27)43(32(44)37-17-23-8-6-5-7-9-23)29-15-10-24(18-35-29)26-20-38-42(4)21-26/h5-10,15,18-22,27-28,45H,11-14,17H2,1-4H3,(H,37,44)(H2,36,39,40,41). The van der Waals surface area contributed by atoms with Crippen molar-refractivity contribution in [1.29, 1.82) is 5.26 Å². The van der Waals surface area contributed by atoms with Crippen molar-refractivity contribution in [2.75, 3.05) is 15.5 Å². The van der Waals surface area contributed by atoms with E-state index in [-0.39, 0.29) is 24.2 Å². The van der Waals surface area contributed by atoms with E-state index in [1.165, 1.54) is 6.20 Å². The number of carbonyl (C=O) groups is 1. The highest BCUT2D eigenvalue weighted by Crippen LogP contribution is 2.30. The summed E-state index contributed by atoms with van der Waals surface area (Å²) >= 11 is 0. The number of anilines is 3.